The minimum atomic E-state index is -3.73. The lowest BCUT2D eigenvalue weighted by atomic mass is 10.0. The SMILES string of the molecule is CNC(=O)c1c(-c2ccc(F)cc2)oc2cc(N(CCOCCOCCOC(C)(C)C(=O)OC(C)(C)C)S(C)(=O)=O)c(C3CC3)cc12. The smallest absolute Gasteiger partial charge is 0.338 e. The number of hydrogen-bond acceptors (Lipinski definition) is 9. The molecule has 1 heterocycles. The van der Waals surface area contributed by atoms with Gasteiger partial charge in [0.15, 0.2) is 5.60 Å². The number of esters is 1. The lowest BCUT2D eigenvalue weighted by molar-refractivity contribution is -0.181. The highest BCUT2D eigenvalue weighted by molar-refractivity contribution is 7.92. The molecule has 0 radical (unpaired) electrons. The van der Waals surface area contributed by atoms with Gasteiger partial charge in [0.05, 0.1) is 57.1 Å². The van der Waals surface area contributed by atoms with Crippen molar-refractivity contribution in [1.82, 2.24) is 5.32 Å². The van der Waals surface area contributed by atoms with Crippen molar-refractivity contribution in [2.45, 2.75) is 64.6 Å². The van der Waals surface area contributed by atoms with E-state index in [0.717, 1.165) is 24.7 Å². The Bertz CT molecular complexity index is 1670. The molecule has 0 atom stereocenters. The number of nitrogens with zero attached hydrogens (tertiary/aromatic N) is 1. The average Bonchev–Trinajstić information content (AvgIpc) is 3.76. The summed E-state index contributed by atoms with van der Waals surface area (Å²) in [5.41, 5.74) is 0.691. The second-order valence-corrected chi connectivity index (χ2v) is 14.9. The second-order valence-electron chi connectivity index (χ2n) is 13.0. The van der Waals surface area contributed by atoms with Crippen molar-refractivity contribution in [3.8, 4) is 11.3 Å². The number of nitrogens with one attached hydrogen (secondary N) is 1. The van der Waals surface area contributed by atoms with E-state index in [2.05, 4.69) is 5.32 Å². The van der Waals surface area contributed by atoms with E-state index in [0.29, 0.717) is 27.8 Å². The highest BCUT2D eigenvalue weighted by atomic mass is 32.2. The number of halogens is 1. The molecule has 258 valence electrons. The zero-order chi connectivity index (χ0) is 34.6. The van der Waals surface area contributed by atoms with E-state index >= 15 is 0 Å². The Morgan fingerprint density at radius 1 is 0.979 bits per heavy atom. The molecule has 3 aromatic rings. The molecule has 1 amide bonds. The van der Waals surface area contributed by atoms with Crippen LogP contribution in [0, 0.1) is 5.82 Å². The first-order valence-corrected chi connectivity index (χ1v) is 17.5. The number of furan rings is 1. The van der Waals surface area contributed by atoms with Crippen LogP contribution in [0.5, 0.6) is 0 Å². The molecule has 0 bridgehead atoms. The summed E-state index contributed by atoms with van der Waals surface area (Å²) < 4.78 is 69.5. The van der Waals surface area contributed by atoms with Crippen molar-refractivity contribution in [3.63, 3.8) is 0 Å². The standard InChI is InChI=1S/C34H45FN2O9S/c1-33(2,3)46-32(39)34(4,5)44-19-18-43-17-16-42-15-14-37(47(7,40)41)27-21-28-26(20-25(27)22-8-9-22)29(31(38)36-6)30(45-28)23-10-12-24(35)13-11-23/h10-13,20-22H,8-9,14-19H2,1-7H3,(H,36,38). The zero-order valence-corrected chi connectivity index (χ0v) is 28.9. The number of amides is 1. The van der Waals surface area contributed by atoms with Crippen LogP contribution in [0.4, 0.5) is 10.1 Å². The van der Waals surface area contributed by atoms with Gasteiger partial charge in [0.1, 0.15) is 22.8 Å². The third kappa shape index (κ3) is 9.53. The van der Waals surface area contributed by atoms with E-state index in [1.54, 1.807) is 40.7 Å². The number of carbonyl (C=O) groups excluding carboxylic acids is 2. The van der Waals surface area contributed by atoms with Crippen LogP contribution < -0.4 is 9.62 Å². The first kappa shape index (κ1) is 36.3. The Morgan fingerprint density at radius 2 is 1.60 bits per heavy atom. The summed E-state index contributed by atoms with van der Waals surface area (Å²) in [6, 6.07) is 9.13. The molecule has 13 heteroatoms. The van der Waals surface area contributed by atoms with E-state index in [1.165, 1.54) is 35.6 Å². The average molecular weight is 677 g/mol. The molecule has 1 aliphatic rings. The van der Waals surface area contributed by atoms with Gasteiger partial charge in [0, 0.05) is 24.1 Å². The Kier molecular flexibility index (Phi) is 11.4. The first-order valence-electron chi connectivity index (χ1n) is 15.6. The molecule has 1 aliphatic carbocycles. The van der Waals surface area contributed by atoms with Crippen LogP contribution in [-0.2, 0) is 33.8 Å². The molecular formula is C34H45FN2O9S. The van der Waals surface area contributed by atoms with Gasteiger partial charge >= 0.3 is 5.97 Å². The summed E-state index contributed by atoms with van der Waals surface area (Å²) in [6.45, 7) is 9.68. The van der Waals surface area contributed by atoms with E-state index in [1.807, 2.05) is 6.07 Å². The molecule has 0 saturated heterocycles. The van der Waals surface area contributed by atoms with Crippen molar-refractivity contribution < 1.29 is 45.8 Å². The summed E-state index contributed by atoms with van der Waals surface area (Å²) in [5, 5.41) is 3.20. The third-order valence-corrected chi connectivity index (χ3v) is 8.66. The molecule has 1 N–H and O–H groups in total. The van der Waals surface area contributed by atoms with Gasteiger partial charge in [-0.15, -0.1) is 0 Å². The first-order chi connectivity index (χ1) is 22.0. The van der Waals surface area contributed by atoms with Crippen LogP contribution in [-0.4, -0.2) is 84.4 Å². The molecule has 0 spiro atoms. The maximum Gasteiger partial charge on any atom is 0.338 e. The summed E-state index contributed by atoms with van der Waals surface area (Å²) in [6.07, 6.45) is 2.92. The maximum absolute atomic E-state index is 13.7. The van der Waals surface area contributed by atoms with Gasteiger partial charge < -0.3 is 28.7 Å². The number of hydrogen-bond donors (Lipinski definition) is 1. The maximum atomic E-state index is 13.7. The Morgan fingerprint density at radius 3 is 2.17 bits per heavy atom. The van der Waals surface area contributed by atoms with Gasteiger partial charge in [0.2, 0.25) is 10.0 Å². The molecule has 4 rings (SSSR count). The van der Waals surface area contributed by atoms with Gasteiger partial charge in [-0.25, -0.2) is 17.6 Å². The van der Waals surface area contributed by atoms with E-state index in [-0.39, 0.29) is 57.2 Å². The Hall–Kier alpha value is -3.52. The van der Waals surface area contributed by atoms with Crippen LogP contribution in [0.15, 0.2) is 40.8 Å². The number of anilines is 1. The highest BCUT2D eigenvalue weighted by Gasteiger charge is 2.34. The van der Waals surface area contributed by atoms with Crippen molar-refractivity contribution >= 4 is 38.6 Å². The minimum Gasteiger partial charge on any atom is -0.458 e. The van der Waals surface area contributed by atoms with Crippen molar-refractivity contribution in [3.05, 3.63) is 53.3 Å². The number of benzene rings is 2. The largest absolute Gasteiger partial charge is 0.458 e. The summed E-state index contributed by atoms with van der Waals surface area (Å²) >= 11 is 0. The van der Waals surface area contributed by atoms with E-state index in [9.17, 15) is 22.4 Å². The summed E-state index contributed by atoms with van der Waals surface area (Å²) in [7, 11) is -2.21. The molecular weight excluding hydrogens is 631 g/mol. The van der Waals surface area contributed by atoms with Gasteiger partial charge in [0.25, 0.3) is 5.91 Å². The number of rotatable bonds is 16. The summed E-state index contributed by atoms with van der Waals surface area (Å²) in [5.74, 6) is -0.842. The fourth-order valence-corrected chi connectivity index (χ4v) is 5.91. The van der Waals surface area contributed by atoms with Crippen LogP contribution >= 0.6 is 0 Å². The topological polar surface area (TPSA) is 134 Å². The van der Waals surface area contributed by atoms with Crippen molar-refractivity contribution in [1.29, 1.82) is 0 Å². The molecule has 0 aliphatic heterocycles. The van der Waals surface area contributed by atoms with Crippen LogP contribution in [0.1, 0.15) is 69.3 Å². The molecule has 1 saturated carbocycles. The monoisotopic (exact) mass is 676 g/mol. The molecule has 2 aromatic carbocycles. The third-order valence-electron chi connectivity index (χ3n) is 7.48. The molecule has 47 heavy (non-hydrogen) atoms. The van der Waals surface area contributed by atoms with Crippen LogP contribution in [0.3, 0.4) is 0 Å². The number of carbonyl (C=O) groups is 2. The minimum absolute atomic E-state index is 0.0467. The molecule has 1 fully saturated rings. The molecule has 0 unspecified atom stereocenters. The molecule has 11 nitrogen and oxygen atoms in total. The van der Waals surface area contributed by atoms with Gasteiger partial charge in [-0.05, 0) is 89.3 Å². The molecule has 1 aromatic heterocycles. The predicted octanol–water partition coefficient (Wildman–Crippen LogP) is 5.41. The second kappa shape index (κ2) is 14.7. The van der Waals surface area contributed by atoms with Gasteiger partial charge in [-0.2, -0.15) is 0 Å². The van der Waals surface area contributed by atoms with Gasteiger partial charge in [-0.1, -0.05) is 0 Å². The summed E-state index contributed by atoms with van der Waals surface area (Å²) in [4.78, 5) is 25.3. The number of ether oxygens (including phenoxy) is 4. The lowest BCUT2D eigenvalue weighted by Gasteiger charge is -2.28. The Labute approximate surface area is 275 Å². The fourth-order valence-electron chi connectivity index (χ4n) is 4.99. The number of fused-ring (bicyclic) bond motifs is 1. The Balaban J connectivity index is 1.42. The van der Waals surface area contributed by atoms with Crippen LogP contribution in [0.25, 0.3) is 22.3 Å². The normalized spacial score (nSPS) is 14.0. The van der Waals surface area contributed by atoms with E-state index in [4.69, 9.17) is 23.4 Å². The highest BCUT2D eigenvalue weighted by Crippen LogP contribution is 2.48. The van der Waals surface area contributed by atoms with Crippen molar-refractivity contribution in [2.75, 3.05) is 57.2 Å². The lowest BCUT2D eigenvalue weighted by Crippen LogP contribution is -2.41. The number of sulfonamides is 1. The van der Waals surface area contributed by atoms with Gasteiger partial charge in [-0.3, -0.25) is 9.10 Å². The quantitative estimate of drug-likeness (QED) is 0.156. The predicted molar refractivity (Wildman–Crippen MR) is 177 cm³/mol. The van der Waals surface area contributed by atoms with Crippen LogP contribution in [0.2, 0.25) is 0 Å². The fraction of sp³-hybridized carbons (Fsp3) is 0.529. The zero-order valence-electron chi connectivity index (χ0n) is 28.1. The van der Waals surface area contributed by atoms with Crippen molar-refractivity contribution in [2.24, 2.45) is 0 Å². The van der Waals surface area contributed by atoms with E-state index < -0.39 is 33.0 Å².